The third-order valence-electron chi connectivity index (χ3n) is 1.25. The lowest BCUT2D eigenvalue weighted by molar-refractivity contribution is 0.470. The van der Waals surface area contributed by atoms with Gasteiger partial charge in [0.25, 0.3) is 0 Å². The summed E-state index contributed by atoms with van der Waals surface area (Å²) >= 11 is 0. The lowest BCUT2D eigenvalue weighted by atomic mass is 10.2. The van der Waals surface area contributed by atoms with Crippen molar-refractivity contribution < 1.29 is 4.42 Å². The van der Waals surface area contributed by atoms with Gasteiger partial charge in [0.05, 0.1) is 12.3 Å². The maximum atomic E-state index is 5.61. The molecule has 52 valence electrons. The molecule has 0 saturated heterocycles. The number of nitrogens with two attached hydrogens (primary N) is 1. The lowest BCUT2D eigenvalue weighted by Gasteiger charge is -2.01. The normalized spacial score (nSPS) is 12.4. The molecule has 2 heteroatoms. The van der Waals surface area contributed by atoms with E-state index in [1.165, 1.54) is 0 Å². The lowest BCUT2D eigenvalue weighted by Crippen LogP contribution is -2.07. The van der Waals surface area contributed by atoms with Crippen LogP contribution in [0.25, 0.3) is 0 Å². The van der Waals surface area contributed by atoms with Crippen molar-refractivity contribution in [2.75, 3.05) is 0 Å². The molecule has 1 rings (SSSR count). The van der Waals surface area contributed by atoms with Crippen LogP contribution in [0, 0.1) is 12.3 Å². The van der Waals surface area contributed by atoms with Gasteiger partial charge >= 0.3 is 0 Å². The molecule has 1 unspecified atom stereocenters. The fourth-order valence-corrected chi connectivity index (χ4v) is 0.730. The molecule has 2 nitrogen and oxygen atoms in total. The molecule has 1 atom stereocenters. The zero-order chi connectivity index (χ0) is 7.40. The van der Waals surface area contributed by atoms with Crippen molar-refractivity contribution in [1.82, 2.24) is 0 Å². The first kappa shape index (κ1) is 6.91. The Balaban J connectivity index is 2.61. The number of hydrogen-bond acceptors (Lipinski definition) is 2. The fraction of sp³-hybridized carbons (Fsp3) is 0.250. The molecular weight excluding hydrogens is 126 g/mol. The Labute approximate surface area is 60.0 Å². The van der Waals surface area contributed by atoms with Gasteiger partial charge in [-0.1, -0.05) is 0 Å². The molecule has 0 radical (unpaired) electrons. The van der Waals surface area contributed by atoms with Crippen molar-refractivity contribution in [2.45, 2.75) is 12.5 Å². The van der Waals surface area contributed by atoms with E-state index in [4.69, 9.17) is 16.6 Å². The molecule has 0 spiro atoms. The molecule has 0 aliphatic carbocycles. The molecule has 0 saturated carbocycles. The third-order valence-corrected chi connectivity index (χ3v) is 1.25. The first-order valence-electron chi connectivity index (χ1n) is 3.07. The van der Waals surface area contributed by atoms with Crippen LogP contribution in [-0.2, 0) is 0 Å². The van der Waals surface area contributed by atoms with Gasteiger partial charge in [0.15, 0.2) is 0 Å². The first-order valence-corrected chi connectivity index (χ1v) is 3.07. The van der Waals surface area contributed by atoms with Gasteiger partial charge in [0, 0.05) is 6.42 Å². The summed E-state index contributed by atoms with van der Waals surface area (Å²) in [5.41, 5.74) is 5.61. The molecule has 10 heavy (non-hydrogen) atoms. The van der Waals surface area contributed by atoms with Gasteiger partial charge in [0.1, 0.15) is 5.76 Å². The second-order valence-corrected chi connectivity index (χ2v) is 2.03. The summed E-state index contributed by atoms with van der Waals surface area (Å²) in [5, 5.41) is 0. The van der Waals surface area contributed by atoms with Crippen LogP contribution < -0.4 is 5.73 Å². The number of rotatable bonds is 2. The van der Waals surface area contributed by atoms with E-state index in [0.717, 1.165) is 5.76 Å². The van der Waals surface area contributed by atoms with Gasteiger partial charge in [-0.25, -0.2) is 0 Å². The van der Waals surface area contributed by atoms with Gasteiger partial charge in [-0.05, 0) is 12.1 Å². The summed E-state index contributed by atoms with van der Waals surface area (Å²) in [6.45, 7) is 0. The van der Waals surface area contributed by atoms with Gasteiger partial charge in [-0.15, -0.1) is 12.3 Å². The van der Waals surface area contributed by atoms with Crippen molar-refractivity contribution in [3.63, 3.8) is 0 Å². The Morgan fingerprint density at radius 1 is 1.80 bits per heavy atom. The molecule has 0 aliphatic rings. The average Bonchev–Trinajstić information content (AvgIpc) is 2.38. The summed E-state index contributed by atoms with van der Waals surface area (Å²) in [4.78, 5) is 0. The Kier molecular flexibility index (Phi) is 2.14. The largest absolute Gasteiger partial charge is 0.468 e. The molecule has 0 fully saturated rings. The standard InChI is InChI=1S/C8H9NO/c1-2-4-7(9)8-5-3-6-10-8/h1,3,5-7H,4,9H2. The quantitative estimate of drug-likeness (QED) is 0.621. The second kappa shape index (κ2) is 3.09. The number of terminal acetylenes is 1. The maximum Gasteiger partial charge on any atom is 0.121 e. The Bertz CT molecular complexity index is 220. The summed E-state index contributed by atoms with van der Waals surface area (Å²) in [5.74, 6) is 3.22. The second-order valence-electron chi connectivity index (χ2n) is 2.03. The molecule has 1 aromatic heterocycles. The van der Waals surface area contributed by atoms with E-state index in [0.29, 0.717) is 6.42 Å². The molecular formula is C8H9NO. The maximum absolute atomic E-state index is 5.61. The molecule has 0 aromatic carbocycles. The Morgan fingerprint density at radius 2 is 2.60 bits per heavy atom. The topological polar surface area (TPSA) is 39.2 Å². The van der Waals surface area contributed by atoms with Gasteiger partial charge in [-0.3, -0.25) is 0 Å². The summed E-state index contributed by atoms with van der Waals surface area (Å²) in [6, 6.07) is 3.47. The van der Waals surface area contributed by atoms with E-state index in [1.54, 1.807) is 12.3 Å². The monoisotopic (exact) mass is 135 g/mol. The third kappa shape index (κ3) is 1.40. The van der Waals surface area contributed by atoms with Crippen LogP contribution in [0.1, 0.15) is 18.2 Å². The van der Waals surface area contributed by atoms with Crippen LogP contribution >= 0.6 is 0 Å². The highest BCUT2D eigenvalue weighted by Crippen LogP contribution is 2.12. The molecule has 0 bridgehead atoms. The van der Waals surface area contributed by atoms with Crippen molar-refractivity contribution in [2.24, 2.45) is 5.73 Å². The van der Waals surface area contributed by atoms with E-state index in [-0.39, 0.29) is 6.04 Å². The number of hydrogen-bond donors (Lipinski definition) is 1. The Hall–Kier alpha value is -1.20. The van der Waals surface area contributed by atoms with Gasteiger partial charge in [0.2, 0.25) is 0 Å². The minimum absolute atomic E-state index is 0.153. The highest BCUT2D eigenvalue weighted by atomic mass is 16.3. The fourth-order valence-electron chi connectivity index (χ4n) is 0.730. The first-order chi connectivity index (χ1) is 4.84. The van der Waals surface area contributed by atoms with Crippen LogP contribution in [-0.4, -0.2) is 0 Å². The van der Waals surface area contributed by atoms with Crippen molar-refractivity contribution in [3.05, 3.63) is 24.2 Å². The highest BCUT2D eigenvalue weighted by Gasteiger charge is 2.05. The molecule has 0 aliphatic heterocycles. The summed E-state index contributed by atoms with van der Waals surface area (Å²) < 4.78 is 5.03. The van der Waals surface area contributed by atoms with Crippen LogP contribution in [0.15, 0.2) is 22.8 Å². The van der Waals surface area contributed by atoms with Crippen LogP contribution in [0.5, 0.6) is 0 Å². The van der Waals surface area contributed by atoms with Crippen molar-refractivity contribution in [3.8, 4) is 12.3 Å². The van der Waals surface area contributed by atoms with Gasteiger partial charge in [-0.2, -0.15) is 0 Å². The zero-order valence-corrected chi connectivity index (χ0v) is 5.58. The van der Waals surface area contributed by atoms with Crippen molar-refractivity contribution >= 4 is 0 Å². The molecule has 2 N–H and O–H groups in total. The van der Waals surface area contributed by atoms with Crippen LogP contribution in [0.2, 0.25) is 0 Å². The SMILES string of the molecule is C#CCC(N)c1ccco1. The minimum atomic E-state index is -0.153. The molecule has 1 aromatic rings. The zero-order valence-electron chi connectivity index (χ0n) is 5.58. The number of furan rings is 1. The van der Waals surface area contributed by atoms with Gasteiger partial charge < -0.3 is 10.2 Å². The smallest absolute Gasteiger partial charge is 0.121 e. The predicted molar refractivity (Wildman–Crippen MR) is 39.1 cm³/mol. The summed E-state index contributed by atoms with van der Waals surface area (Å²) in [7, 11) is 0. The van der Waals surface area contributed by atoms with E-state index < -0.39 is 0 Å². The summed E-state index contributed by atoms with van der Waals surface area (Å²) in [6.07, 6.45) is 7.17. The highest BCUT2D eigenvalue weighted by molar-refractivity contribution is 5.06. The van der Waals surface area contributed by atoms with Crippen molar-refractivity contribution in [1.29, 1.82) is 0 Å². The minimum Gasteiger partial charge on any atom is -0.468 e. The van der Waals surface area contributed by atoms with Crippen LogP contribution in [0.3, 0.4) is 0 Å². The van der Waals surface area contributed by atoms with E-state index in [2.05, 4.69) is 5.92 Å². The predicted octanol–water partition coefficient (Wildman–Crippen LogP) is 1.30. The van der Waals surface area contributed by atoms with Crippen LogP contribution in [0.4, 0.5) is 0 Å². The average molecular weight is 135 g/mol. The van der Waals surface area contributed by atoms with E-state index >= 15 is 0 Å². The van der Waals surface area contributed by atoms with E-state index in [1.807, 2.05) is 6.07 Å². The molecule has 1 heterocycles. The van der Waals surface area contributed by atoms with E-state index in [9.17, 15) is 0 Å². The molecule has 0 amide bonds. The Morgan fingerprint density at radius 3 is 3.10 bits per heavy atom.